The van der Waals surface area contributed by atoms with Crippen LogP contribution in [0.4, 0.5) is 0 Å². The Morgan fingerprint density at radius 2 is 2.24 bits per heavy atom. The van der Waals surface area contributed by atoms with Crippen molar-refractivity contribution >= 4 is 17.5 Å². The normalized spacial score (nSPS) is 27.2. The van der Waals surface area contributed by atoms with Gasteiger partial charge in [-0.3, -0.25) is 10.1 Å². The maximum absolute atomic E-state index is 12.8. The highest BCUT2D eigenvalue weighted by molar-refractivity contribution is 6.30. The smallest absolute Gasteiger partial charge is 0.244 e. The van der Waals surface area contributed by atoms with Crippen molar-refractivity contribution in [2.24, 2.45) is 0 Å². The van der Waals surface area contributed by atoms with E-state index in [1.54, 1.807) is 7.11 Å². The molecule has 1 saturated heterocycles. The summed E-state index contributed by atoms with van der Waals surface area (Å²) < 4.78 is 5.23. The summed E-state index contributed by atoms with van der Waals surface area (Å²) >= 11 is 6.10. The molecule has 1 N–H and O–H groups in total. The van der Waals surface area contributed by atoms with Gasteiger partial charge in [-0.25, -0.2) is 0 Å². The molecule has 5 heteroatoms. The van der Waals surface area contributed by atoms with Crippen LogP contribution < -0.4 is 5.32 Å². The molecular weight excluding hydrogens is 288 g/mol. The van der Waals surface area contributed by atoms with Gasteiger partial charge in [-0.1, -0.05) is 30.7 Å². The lowest BCUT2D eigenvalue weighted by Gasteiger charge is -2.30. The SMILES string of the molecule is CCC1(C)NC(c2cccc(Cl)c2)N(C(C)COC)C1=O. The Balaban J connectivity index is 2.39. The van der Waals surface area contributed by atoms with E-state index in [2.05, 4.69) is 5.32 Å². The first kappa shape index (κ1) is 16.3. The van der Waals surface area contributed by atoms with E-state index in [0.29, 0.717) is 11.6 Å². The van der Waals surface area contributed by atoms with Crippen LogP contribution in [0.5, 0.6) is 0 Å². The molecule has 0 spiro atoms. The van der Waals surface area contributed by atoms with Gasteiger partial charge in [-0.2, -0.15) is 0 Å². The second-order valence-electron chi connectivity index (χ2n) is 5.80. The van der Waals surface area contributed by atoms with Crippen LogP contribution in [-0.4, -0.2) is 36.1 Å². The van der Waals surface area contributed by atoms with Crippen molar-refractivity contribution in [3.05, 3.63) is 34.9 Å². The second-order valence-corrected chi connectivity index (χ2v) is 6.24. The Labute approximate surface area is 131 Å². The largest absolute Gasteiger partial charge is 0.383 e. The van der Waals surface area contributed by atoms with Gasteiger partial charge < -0.3 is 9.64 Å². The van der Waals surface area contributed by atoms with Gasteiger partial charge >= 0.3 is 0 Å². The molecule has 1 amide bonds. The van der Waals surface area contributed by atoms with Gasteiger partial charge in [0.1, 0.15) is 6.17 Å². The number of amides is 1. The molecule has 0 saturated carbocycles. The molecule has 0 aliphatic carbocycles. The van der Waals surface area contributed by atoms with Gasteiger partial charge in [0.15, 0.2) is 0 Å². The Bertz CT molecular complexity index is 523. The van der Waals surface area contributed by atoms with Crippen molar-refractivity contribution in [3.63, 3.8) is 0 Å². The number of hydrogen-bond donors (Lipinski definition) is 1. The van der Waals surface area contributed by atoms with E-state index in [1.807, 2.05) is 49.9 Å². The number of ether oxygens (including phenoxy) is 1. The lowest BCUT2D eigenvalue weighted by atomic mass is 9.99. The van der Waals surface area contributed by atoms with Crippen molar-refractivity contribution < 1.29 is 9.53 Å². The monoisotopic (exact) mass is 310 g/mol. The summed E-state index contributed by atoms with van der Waals surface area (Å²) in [5.41, 5.74) is 0.450. The molecule has 2 rings (SSSR count). The van der Waals surface area contributed by atoms with Crippen LogP contribution in [0.15, 0.2) is 24.3 Å². The van der Waals surface area contributed by atoms with Gasteiger partial charge in [-0.05, 0) is 38.0 Å². The molecule has 3 unspecified atom stereocenters. The summed E-state index contributed by atoms with van der Waals surface area (Å²) in [7, 11) is 1.65. The van der Waals surface area contributed by atoms with E-state index < -0.39 is 5.54 Å². The van der Waals surface area contributed by atoms with Crippen LogP contribution in [0.2, 0.25) is 5.02 Å². The molecule has 1 aromatic carbocycles. The van der Waals surface area contributed by atoms with Crippen LogP contribution in [0.1, 0.15) is 38.9 Å². The average Bonchev–Trinajstić information content (AvgIpc) is 2.72. The van der Waals surface area contributed by atoms with E-state index in [1.165, 1.54) is 0 Å². The third kappa shape index (κ3) is 3.07. The predicted octanol–water partition coefficient (Wildman–Crippen LogP) is 2.97. The summed E-state index contributed by atoms with van der Waals surface area (Å²) in [6, 6.07) is 7.63. The average molecular weight is 311 g/mol. The van der Waals surface area contributed by atoms with Crippen LogP contribution in [-0.2, 0) is 9.53 Å². The molecule has 1 aliphatic rings. The number of rotatable bonds is 5. The standard InChI is InChI=1S/C16H23ClN2O2/c1-5-16(3)15(20)19(11(2)10-21-4)14(18-16)12-7-6-8-13(17)9-12/h6-9,11,14,18H,5,10H2,1-4H3. The molecule has 1 heterocycles. The number of nitrogens with zero attached hydrogens (tertiary/aromatic N) is 1. The van der Waals surface area contributed by atoms with Crippen molar-refractivity contribution in [2.75, 3.05) is 13.7 Å². The number of nitrogens with one attached hydrogen (secondary N) is 1. The van der Waals surface area contributed by atoms with E-state index in [-0.39, 0.29) is 18.1 Å². The summed E-state index contributed by atoms with van der Waals surface area (Å²) in [6.45, 7) is 6.48. The fourth-order valence-electron chi connectivity index (χ4n) is 2.79. The molecule has 4 nitrogen and oxygen atoms in total. The van der Waals surface area contributed by atoms with Gasteiger partial charge in [0.25, 0.3) is 0 Å². The van der Waals surface area contributed by atoms with E-state index in [0.717, 1.165) is 12.0 Å². The predicted molar refractivity (Wildman–Crippen MR) is 84.2 cm³/mol. The van der Waals surface area contributed by atoms with Gasteiger partial charge in [-0.15, -0.1) is 0 Å². The van der Waals surface area contributed by atoms with Crippen molar-refractivity contribution in [1.82, 2.24) is 10.2 Å². The summed E-state index contributed by atoms with van der Waals surface area (Å²) in [5, 5.41) is 4.13. The molecule has 1 aliphatic heterocycles. The number of halogens is 1. The van der Waals surface area contributed by atoms with Crippen LogP contribution in [0, 0.1) is 0 Å². The molecule has 3 atom stereocenters. The zero-order valence-electron chi connectivity index (χ0n) is 13.0. The Hall–Kier alpha value is -1.10. The van der Waals surface area contributed by atoms with Gasteiger partial charge in [0.05, 0.1) is 18.2 Å². The quantitative estimate of drug-likeness (QED) is 0.909. The minimum absolute atomic E-state index is 0.00708. The number of hydrogen-bond acceptors (Lipinski definition) is 3. The second kappa shape index (κ2) is 6.34. The lowest BCUT2D eigenvalue weighted by molar-refractivity contribution is -0.135. The summed E-state index contributed by atoms with van der Waals surface area (Å²) in [6.07, 6.45) is 0.560. The zero-order chi connectivity index (χ0) is 15.6. The van der Waals surface area contributed by atoms with E-state index >= 15 is 0 Å². The Morgan fingerprint density at radius 1 is 1.52 bits per heavy atom. The topological polar surface area (TPSA) is 41.6 Å². The number of benzene rings is 1. The maximum atomic E-state index is 12.8. The van der Waals surface area contributed by atoms with Crippen LogP contribution in [0.25, 0.3) is 0 Å². The third-order valence-corrected chi connectivity index (χ3v) is 4.43. The molecular formula is C16H23ClN2O2. The molecule has 1 fully saturated rings. The molecule has 116 valence electrons. The number of carbonyl (C=O) groups is 1. The first-order valence-corrected chi connectivity index (χ1v) is 7.65. The van der Waals surface area contributed by atoms with Crippen LogP contribution >= 0.6 is 11.6 Å². The van der Waals surface area contributed by atoms with E-state index in [9.17, 15) is 4.79 Å². The fourth-order valence-corrected chi connectivity index (χ4v) is 2.98. The minimum Gasteiger partial charge on any atom is -0.383 e. The fraction of sp³-hybridized carbons (Fsp3) is 0.562. The Kier molecular flexibility index (Phi) is 4.91. The highest BCUT2D eigenvalue weighted by atomic mass is 35.5. The lowest BCUT2D eigenvalue weighted by Crippen LogP contribution is -2.45. The first-order valence-electron chi connectivity index (χ1n) is 7.28. The van der Waals surface area contributed by atoms with Crippen molar-refractivity contribution in [1.29, 1.82) is 0 Å². The molecule has 0 aromatic heterocycles. The minimum atomic E-state index is -0.547. The maximum Gasteiger partial charge on any atom is 0.244 e. The van der Waals surface area contributed by atoms with E-state index in [4.69, 9.17) is 16.3 Å². The zero-order valence-corrected chi connectivity index (χ0v) is 13.8. The Morgan fingerprint density at radius 3 is 2.81 bits per heavy atom. The molecule has 0 bridgehead atoms. The first-order chi connectivity index (χ1) is 9.92. The van der Waals surface area contributed by atoms with Crippen molar-refractivity contribution in [2.45, 2.75) is 44.9 Å². The highest BCUT2D eigenvalue weighted by Crippen LogP contribution is 2.34. The summed E-state index contributed by atoms with van der Waals surface area (Å²) in [5.74, 6) is 0.111. The third-order valence-electron chi connectivity index (χ3n) is 4.19. The van der Waals surface area contributed by atoms with Gasteiger partial charge in [0.2, 0.25) is 5.91 Å². The molecule has 21 heavy (non-hydrogen) atoms. The molecule has 0 radical (unpaired) electrons. The number of methoxy groups -OCH3 is 1. The van der Waals surface area contributed by atoms with Gasteiger partial charge in [0, 0.05) is 12.1 Å². The molecule has 1 aromatic rings. The highest BCUT2D eigenvalue weighted by Gasteiger charge is 2.48. The van der Waals surface area contributed by atoms with Crippen molar-refractivity contribution in [3.8, 4) is 0 Å². The summed E-state index contributed by atoms with van der Waals surface area (Å²) in [4.78, 5) is 14.7. The van der Waals surface area contributed by atoms with Crippen LogP contribution in [0.3, 0.4) is 0 Å². The number of carbonyl (C=O) groups excluding carboxylic acids is 1.